The Morgan fingerprint density at radius 2 is 2.06 bits per heavy atom. The second kappa shape index (κ2) is 4.26. The van der Waals surface area contributed by atoms with Crippen molar-refractivity contribution in [1.29, 1.82) is 0 Å². The Morgan fingerprint density at radius 1 is 1.25 bits per heavy atom. The molecule has 0 aliphatic heterocycles. The first-order valence-electron chi connectivity index (χ1n) is 4.97. The minimum Gasteiger partial charge on any atom is -0.372 e. The highest BCUT2D eigenvalue weighted by molar-refractivity contribution is 5.60. The third kappa shape index (κ3) is 2.00. The summed E-state index contributed by atoms with van der Waals surface area (Å²) in [6, 6.07) is 5.04. The van der Waals surface area contributed by atoms with Gasteiger partial charge in [-0.3, -0.25) is 4.98 Å². The third-order valence-electron chi connectivity index (χ3n) is 2.36. The normalized spacial score (nSPS) is 10.2. The molecule has 0 aliphatic rings. The number of benzene rings is 1. The fourth-order valence-electron chi connectivity index (χ4n) is 1.38. The van der Waals surface area contributed by atoms with E-state index in [9.17, 15) is 4.39 Å². The van der Waals surface area contributed by atoms with Crippen molar-refractivity contribution in [3.8, 4) is 11.3 Å². The van der Waals surface area contributed by atoms with Crippen LogP contribution in [-0.4, -0.2) is 17.0 Å². The van der Waals surface area contributed by atoms with Crippen molar-refractivity contribution < 1.29 is 4.39 Å². The highest BCUT2D eigenvalue weighted by atomic mass is 19.1. The summed E-state index contributed by atoms with van der Waals surface area (Å²) in [5.74, 6) is 0.438. The predicted molar refractivity (Wildman–Crippen MR) is 61.7 cm³/mol. The van der Waals surface area contributed by atoms with Crippen molar-refractivity contribution in [3.05, 3.63) is 42.0 Å². The summed E-state index contributed by atoms with van der Waals surface area (Å²) >= 11 is 0. The van der Waals surface area contributed by atoms with E-state index in [1.54, 1.807) is 32.4 Å². The lowest BCUT2D eigenvalue weighted by Crippen LogP contribution is -1.95. The number of halogens is 1. The molecule has 1 N–H and O–H groups in total. The molecule has 1 aromatic heterocycles. The maximum absolute atomic E-state index is 13.4. The molecule has 0 saturated carbocycles. The molecule has 82 valence electrons. The van der Waals surface area contributed by atoms with E-state index in [1.807, 2.05) is 6.07 Å². The van der Waals surface area contributed by atoms with Gasteiger partial charge in [0.05, 0.1) is 18.1 Å². The Labute approximate surface area is 93.4 Å². The summed E-state index contributed by atoms with van der Waals surface area (Å²) in [6.45, 7) is 1.73. The largest absolute Gasteiger partial charge is 0.372 e. The van der Waals surface area contributed by atoms with Crippen molar-refractivity contribution in [2.45, 2.75) is 6.92 Å². The van der Waals surface area contributed by atoms with Crippen LogP contribution in [0.2, 0.25) is 0 Å². The van der Waals surface area contributed by atoms with Gasteiger partial charge in [0.1, 0.15) is 11.6 Å². The predicted octanol–water partition coefficient (Wildman–Crippen LogP) is 2.63. The van der Waals surface area contributed by atoms with E-state index in [0.717, 1.165) is 5.56 Å². The van der Waals surface area contributed by atoms with Crippen LogP contribution in [0, 0.1) is 12.7 Å². The molecule has 2 aromatic rings. The SMILES string of the molecule is CNc1cncc(-c2ccc(C)c(F)c2)n1. The number of nitrogens with one attached hydrogen (secondary N) is 1. The number of aromatic nitrogens is 2. The van der Waals surface area contributed by atoms with Crippen LogP contribution >= 0.6 is 0 Å². The van der Waals surface area contributed by atoms with E-state index in [2.05, 4.69) is 15.3 Å². The first-order valence-corrected chi connectivity index (χ1v) is 4.97. The van der Waals surface area contributed by atoms with Gasteiger partial charge >= 0.3 is 0 Å². The molecular formula is C12H12FN3. The van der Waals surface area contributed by atoms with E-state index in [4.69, 9.17) is 0 Å². The summed E-state index contributed by atoms with van der Waals surface area (Å²) in [6.07, 6.45) is 3.24. The quantitative estimate of drug-likeness (QED) is 0.840. The Balaban J connectivity index is 2.46. The smallest absolute Gasteiger partial charge is 0.144 e. The van der Waals surface area contributed by atoms with Crippen molar-refractivity contribution in [2.75, 3.05) is 12.4 Å². The Morgan fingerprint density at radius 3 is 2.75 bits per heavy atom. The van der Waals surface area contributed by atoms with Crippen LogP contribution in [0.4, 0.5) is 10.2 Å². The van der Waals surface area contributed by atoms with Crippen molar-refractivity contribution in [2.24, 2.45) is 0 Å². The van der Waals surface area contributed by atoms with E-state index < -0.39 is 0 Å². The standard InChI is InChI=1S/C12H12FN3/c1-8-3-4-9(5-10(8)13)11-6-15-7-12(14-2)16-11/h3-7H,1-2H3,(H,14,16). The van der Waals surface area contributed by atoms with Crippen molar-refractivity contribution in [1.82, 2.24) is 9.97 Å². The lowest BCUT2D eigenvalue weighted by molar-refractivity contribution is 0.619. The van der Waals surface area contributed by atoms with Gasteiger partial charge in [0, 0.05) is 12.6 Å². The molecule has 4 heteroatoms. The maximum Gasteiger partial charge on any atom is 0.144 e. The number of hydrogen-bond acceptors (Lipinski definition) is 3. The van der Waals surface area contributed by atoms with Gasteiger partial charge in [-0.05, 0) is 18.6 Å². The molecule has 3 nitrogen and oxygen atoms in total. The first-order chi connectivity index (χ1) is 7.70. The molecule has 0 bridgehead atoms. The first kappa shape index (κ1) is 10.5. The van der Waals surface area contributed by atoms with Crippen LogP contribution in [0.1, 0.15) is 5.56 Å². The number of nitrogens with zero attached hydrogens (tertiary/aromatic N) is 2. The van der Waals surface area contributed by atoms with Crippen LogP contribution in [0.25, 0.3) is 11.3 Å². The average molecular weight is 217 g/mol. The Bertz CT molecular complexity index is 511. The number of anilines is 1. The van der Waals surface area contributed by atoms with Gasteiger partial charge in [-0.1, -0.05) is 12.1 Å². The van der Waals surface area contributed by atoms with Crippen LogP contribution in [0.15, 0.2) is 30.6 Å². The molecule has 1 heterocycles. The topological polar surface area (TPSA) is 37.8 Å². The van der Waals surface area contributed by atoms with Crippen LogP contribution < -0.4 is 5.32 Å². The minimum absolute atomic E-state index is 0.228. The molecule has 0 atom stereocenters. The van der Waals surface area contributed by atoms with Crippen LogP contribution in [0.3, 0.4) is 0 Å². The van der Waals surface area contributed by atoms with Gasteiger partial charge in [0.15, 0.2) is 0 Å². The summed E-state index contributed by atoms with van der Waals surface area (Å²) in [4.78, 5) is 8.33. The molecule has 0 amide bonds. The Kier molecular flexibility index (Phi) is 2.81. The second-order valence-electron chi connectivity index (χ2n) is 3.50. The minimum atomic E-state index is -0.228. The molecule has 0 spiro atoms. The zero-order valence-electron chi connectivity index (χ0n) is 9.16. The van der Waals surface area contributed by atoms with Gasteiger partial charge < -0.3 is 5.32 Å². The molecule has 0 fully saturated rings. The molecule has 16 heavy (non-hydrogen) atoms. The fraction of sp³-hybridized carbons (Fsp3) is 0.167. The number of hydrogen-bond donors (Lipinski definition) is 1. The summed E-state index contributed by atoms with van der Waals surface area (Å²) < 4.78 is 13.4. The molecule has 1 aromatic carbocycles. The van der Waals surface area contributed by atoms with Crippen LogP contribution in [0.5, 0.6) is 0 Å². The van der Waals surface area contributed by atoms with Crippen molar-refractivity contribution in [3.63, 3.8) is 0 Å². The van der Waals surface area contributed by atoms with Crippen molar-refractivity contribution >= 4 is 5.82 Å². The van der Waals surface area contributed by atoms with Crippen LogP contribution in [-0.2, 0) is 0 Å². The van der Waals surface area contributed by atoms with E-state index >= 15 is 0 Å². The van der Waals surface area contributed by atoms with E-state index in [0.29, 0.717) is 17.1 Å². The zero-order valence-corrected chi connectivity index (χ0v) is 9.16. The van der Waals surface area contributed by atoms with Gasteiger partial charge in [-0.15, -0.1) is 0 Å². The molecule has 0 unspecified atom stereocenters. The highest BCUT2D eigenvalue weighted by Gasteiger charge is 2.04. The molecule has 2 rings (SSSR count). The average Bonchev–Trinajstić information content (AvgIpc) is 2.33. The highest BCUT2D eigenvalue weighted by Crippen LogP contribution is 2.20. The van der Waals surface area contributed by atoms with Gasteiger partial charge in [0.2, 0.25) is 0 Å². The molecule has 0 radical (unpaired) electrons. The van der Waals surface area contributed by atoms with Gasteiger partial charge in [-0.25, -0.2) is 9.37 Å². The van der Waals surface area contributed by atoms with Gasteiger partial charge in [0.25, 0.3) is 0 Å². The summed E-state index contributed by atoms with van der Waals surface area (Å²) in [5.41, 5.74) is 2.01. The molecule has 0 saturated heterocycles. The number of aryl methyl sites for hydroxylation is 1. The van der Waals surface area contributed by atoms with E-state index in [1.165, 1.54) is 6.07 Å². The van der Waals surface area contributed by atoms with E-state index in [-0.39, 0.29) is 5.82 Å². The Hall–Kier alpha value is -1.97. The summed E-state index contributed by atoms with van der Waals surface area (Å²) in [5, 5.41) is 2.90. The zero-order chi connectivity index (χ0) is 11.5. The monoisotopic (exact) mass is 217 g/mol. The lowest BCUT2D eigenvalue weighted by atomic mass is 10.1. The maximum atomic E-state index is 13.4. The lowest BCUT2D eigenvalue weighted by Gasteiger charge is -2.04. The van der Waals surface area contributed by atoms with Gasteiger partial charge in [-0.2, -0.15) is 0 Å². The molecular weight excluding hydrogens is 205 g/mol. The second-order valence-corrected chi connectivity index (χ2v) is 3.50. The third-order valence-corrected chi connectivity index (χ3v) is 2.36. The number of rotatable bonds is 2. The summed E-state index contributed by atoms with van der Waals surface area (Å²) in [7, 11) is 1.77. The fourth-order valence-corrected chi connectivity index (χ4v) is 1.38. The molecule has 0 aliphatic carbocycles.